The molecule has 0 aromatic heterocycles. The van der Waals surface area contributed by atoms with Gasteiger partial charge in [-0.1, -0.05) is 30.6 Å². The molecule has 0 bridgehead atoms. The minimum atomic E-state index is -0.0831. The highest BCUT2D eigenvalue weighted by Crippen LogP contribution is 2.06. The van der Waals surface area contributed by atoms with Crippen LogP contribution in [0, 0.1) is 0 Å². The van der Waals surface area contributed by atoms with E-state index in [1.54, 1.807) is 0 Å². The molecule has 0 amide bonds. The highest BCUT2D eigenvalue weighted by Gasteiger charge is 1.99. The lowest BCUT2D eigenvalue weighted by Gasteiger charge is -2.02. The summed E-state index contributed by atoms with van der Waals surface area (Å²) in [5.41, 5.74) is 2.63. The fourth-order valence-corrected chi connectivity index (χ4v) is 1.36. The molecule has 0 aliphatic heterocycles. The van der Waals surface area contributed by atoms with Gasteiger partial charge in [-0.05, 0) is 46.1 Å². The van der Waals surface area contributed by atoms with Crippen LogP contribution in [0.3, 0.4) is 0 Å². The SMILES string of the molecule is CCCCC(=O)OCC=C(C)CCC=C(C)C. The fourth-order valence-electron chi connectivity index (χ4n) is 1.36. The van der Waals surface area contributed by atoms with Gasteiger partial charge in [-0.25, -0.2) is 0 Å². The number of unbranched alkanes of at least 4 members (excludes halogenated alkanes) is 1. The molecule has 0 heterocycles. The molecular weight excluding hydrogens is 212 g/mol. The molecule has 0 aliphatic carbocycles. The molecule has 0 fully saturated rings. The minimum Gasteiger partial charge on any atom is -0.461 e. The van der Waals surface area contributed by atoms with Crippen LogP contribution in [0.2, 0.25) is 0 Å². The third-order valence-corrected chi connectivity index (χ3v) is 2.50. The van der Waals surface area contributed by atoms with Crippen molar-refractivity contribution in [2.24, 2.45) is 0 Å². The van der Waals surface area contributed by atoms with Crippen molar-refractivity contribution in [1.82, 2.24) is 0 Å². The first-order valence-corrected chi connectivity index (χ1v) is 6.50. The van der Waals surface area contributed by atoms with Gasteiger partial charge in [0.1, 0.15) is 6.61 Å². The maximum Gasteiger partial charge on any atom is 0.306 e. The van der Waals surface area contributed by atoms with Crippen LogP contribution in [-0.4, -0.2) is 12.6 Å². The third kappa shape index (κ3) is 11.2. The second kappa shape index (κ2) is 10.1. The molecule has 98 valence electrons. The zero-order valence-electron chi connectivity index (χ0n) is 11.7. The van der Waals surface area contributed by atoms with Gasteiger partial charge in [0.25, 0.3) is 0 Å². The summed E-state index contributed by atoms with van der Waals surface area (Å²) in [5.74, 6) is -0.0831. The smallest absolute Gasteiger partial charge is 0.306 e. The van der Waals surface area contributed by atoms with E-state index in [1.807, 2.05) is 6.08 Å². The summed E-state index contributed by atoms with van der Waals surface area (Å²) in [4.78, 5) is 11.2. The van der Waals surface area contributed by atoms with Gasteiger partial charge in [-0.15, -0.1) is 0 Å². The van der Waals surface area contributed by atoms with Gasteiger partial charge in [-0.3, -0.25) is 4.79 Å². The van der Waals surface area contributed by atoms with Gasteiger partial charge >= 0.3 is 5.97 Å². The number of carbonyl (C=O) groups is 1. The number of ether oxygens (including phenoxy) is 1. The topological polar surface area (TPSA) is 26.3 Å². The minimum absolute atomic E-state index is 0.0831. The van der Waals surface area contributed by atoms with Crippen molar-refractivity contribution in [2.45, 2.75) is 59.8 Å². The third-order valence-electron chi connectivity index (χ3n) is 2.50. The molecule has 0 aliphatic rings. The lowest BCUT2D eigenvalue weighted by molar-refractivity contribution is -0.142. The number of esters is 1. The average molecular weight is 238 g/mol. The number of carbonyl (C=O) groups excluding carboxylic acids is 1. The van der Waals surface area contributed by atoms with E-state index in [2.05, 4.69) is 33.8 Å². The van der Waals surface area contributed by atoms with E-state index >= 15 is 0 Å². The molecule has 0 rings (SSSR count). The van der Waals surface area contributed by atoms with Crippen molar-refractivity contribution in [3.8, 4) is 0 Å². The van der Waals surface area contributed by atoms with Gasteiger partial charge in [0, 0.05) is 6.42 Å². The quantitative estimate of drug-likeness (QED) is 0.462. The van der Waals surface area contributed by atoms with Gasteiger partial charge in [0.2, 0.25) is 0 Å². The van der Waals surface area contributed by atoms with Gasteiger partial charge in [-0.2, -0.15) is 0 Å². The average Bonchev–Trinajstić information content (AvgIpc) is 2.25. The Bertz CT molecular complexity index is 271. The molecule has 2 heteroatoms. The van der Waals surface area contributed by atoms with Gasteiger partial charge in [0.15, 0.2) is 0 Å². The molecular formula is C15H26O2. The van der Waals surface area contributed by atoms with Crippen LogP contribution in [-0.2, 0) is 9.53 Å². The molecule has 0 unspecified atom stereocenters. The molecule has 0 spiro atoms. The van der Waals surface area contributed by atoms with Crippen LogP contribution in [0.5, 0.6) is 0 Å². The van der Waals surface area contributed by atoms with Crippen LogP contribution < -0.4 is 0 Å². The van der Waals surface area contributed by atoms with E-state index in [9.17, 15) is 4.79 Å². The fraction of sp³-hybridized carbons (Fsp3) is 0.667. The van der Waals surface area contributed by atoms with Crippen LogP contribution in [0.15, 0.2) is 23.3 Å². The monoisotopic (exact) mass is 238 g/mol. The van der Waals surface area contributed by atoms with Crippen molar-refractivity contribution in [3.05, 3.63) is 23.3 Å². The maximum absolute atomic E-state index is 11.2. The molecule has 0 atom stereocenters. The number of rotatable bonds is 8. The largest absolute Gasteiger partial charge is 0.461 e. The Kier molecular flexibility index (Phi) is 9.50. The van der Waals surface area contributed by atoms with Crippen LogP contribution in [0.1, 0.15) is 59.8 Å². The molecule has 0 radical (unpaired) electrons. The zero-order chi connectivity index (χ0) is 13.1. The highest BCUT2D eigenvalue weighted by atomic mass is 16.5. The summed E-state index contributed by atoms with van der Waals surface area (Å²) in [6.07, 6.45) is 8.83. The van der Waals surface area contributed by atoms with Gasteiger partial charge in [0.05, 0.1) is 0 Å². The number of hydrogen-bond donors (Lipinski definition) is 0. The Morgan fingerprint density at radius 1 is 1.12 bits per heavy atom. The van der Waals surface area contributed by atoms with E-state index in [4.69, 9.17) is 4.74 Å². The molecule has 0 aromatic rings. The number of hydrogen-bond acceptors (Lipinski definition) is 2. The number of allylic oxidation sites excluding steroid dienone is 3. The normalized spacial score (nSPS) is 11.2. The first kappa shape index (κ1) is 16.0. The molecule has 0 saturated carbocycles. The van der Waals surface area contributed by atoms with E-state index in [1.165, 1.54) is 11.1 Å². The summed E-state index contributed by atoms with van der Waals surface area (Å²) >= 11 is 0. The summed E-state index contributed by atoms with van der Waals surface area (Å²) in [6.45, 7) is 8.78. The highest BCUT2D eigenvalue weighted by molar-refractivity contribution is 5.69. The van der Waals surface area contributed by atoms with E-state index < -0.39 is 0 Å². The lowest BCUT2D eigenvalue weighted by Crippen LogP contribution is -2.04. The second-order valence-corrected chi connectivity index (χ2v) is 4.66. The molecule has 0 saturated heterocycles. The van der Waals surface area contributed by atoms with E-state index in [0.29, 0.717) is 13.0 Å². The van der Waals surface area contributed by atoms with Crippen LogP contribution in [0.4, 0.5) is 0 Å². The molecule has 2 nitrogen and oxygen atoms in total. The zero-order valence-corrected chi connectivity index (χ0v) is 11.7. The second-order valence-electron chi connectivity index (χ2n) is 4.66. The first-order valence-electron chi connectivity index (χ1n) is 6.50. The lowest BCUT2D eigenvalue weighted by atomic mass is 10.1. The Morgan fingerprint density at radius 2 is 1.82 bits per heavy atom. The maximum atomic E-state index is 11.2. The first-order chi connectivity index (χ1) is 8.06. The summed E-state index contributed by atoms with van der Waals surface area (Å²) in [6, 6.07) is 0. The van der Waals surface area contributed by atoms with Crippen molar-refractivity contribution in [2.75, 3.05) is 6.61 Å². The molecule has 0 N–H and O–H groups in total. The van der Waals surface area contributed by atoms with Crippen molar-refractivity contribution >= 4 is 5.97 Å². The van der Waals surface area contributed by atoms with Crippen molar-refractivity contribution in [1.29, 1.82) is 0 Å². The standard InChI is InChI=1S/C15H26O2/c1-5-6-10-15(16)17-12-11-14(4)9-7-8-13(2)3/h8,11H,5-7,9-10,12H2,1-4H3. The summed E-state index contributed by atoms with van der Waals surface area (Å²) in [5, 5.41) is 0. The van der Waals surface area contributed by atoms with Crippen molar-refractivity contribution < 1.29 is 9.53 Å². The van der Waals surface area contributed by atoms with E-state index in [-0.39, 0.29) is 5.97 Å². The molecule has 0 aromatic carbocycles. The van der Waals surface area contributed by atoms with Crippen LogP contribution >= 0.6 is 0 Å². The Labute approximate surface area is 106 Å². The summed E-state index contributed by atoms with van der Waals surface area (Å²) < 4.78 is 5.11. The Morgan fingerprint density at radius 3 is 2.41 bits per heavy atom. The predicted octanol–water partition coefficient (Wildman–Crippen LogP) is 4.41. The Hall–Kier alpha value is -1.05. The van der Waals surface area contributed by atoms with Gasteiger partial charge < -0.3 is 4.74 Å². The van der Waals surface area contributed by atoms with E-state index in [0.717, 1.165) is 25.7 Å². The molecule has 17 heavy (non-hydrogen) atoms. The Balaban J connectivity index is 3.69. The van der Waals surface area contributed by atoms with Crippen LogP contribution in [0.25, 0.3) is 0 Å². The summed E-state index contributed by atoms with van der Waals surface area (Å²) in [7, 11) is 0. The van der Waals surface area contributed by atoms with Crippen molar-refractivity contribution in [3.63, 3.8) is 0 Å². The predicted molar refractivity (Wildman–Crippen MR) is 72.9 cm³/mol.